The van der Waals surface area contributed by atoms with Gasteiger partial charge in [0.2, 0.25) is 0 Å². The summed E-state index contributed by atoms with van der Waals surface area (Å²) in [6.07, 6.45) is -4.99. The molecule has 0 aliphatic heterocycles. The second kappa shape index (κ2) is 8.30. The molecule has 30 heavy (non-hydrogen) atoms. The Morgan fingerprint density at radius 2 is 1.93 bits per heavy atom. The lowest BCUT2D eigenvalue weighted by molar-refractivity contribution is -0.137. The molecule has 0 bridgehead atoms. The summed E-state index contributed by atoms with van der Waals surface area (Å²) >= 11 is 0. The summed E-state index contributed by atoms with van der Waals surface area (Å²) in [5.41, 5.74) is -1.06. The lowest BCUT2D eigenvalue weighted by Gasteiger charge is -2.14. The molecule has 0 spiro atoms. The van der Waals surface area contributed by atoms with E-state index in [2.05, 4.69) is 15.6 Å². The maximum atomic E-state index is 13.0. The second-order valence-electron chi connectivity index (χ2n) is 6.21. The molecule has 7 nitrogen and oxygen atoms in total. The van der Waals surface area contributed by atoms with Crippen molar-refractivity contribution in [3.05, 3.63) is 65.6 Å². The van der Waals surface area contributed by atoms with Gasteiger partial charge in [0.1, 0.15) is 11.5 Å². The number of carbonyl (C=O) groups is 1. The van der Waals surface area contributed by atoms with Crippen LogP contribution in [0.1, 0.15) is 11.1 Å². The second-order valence-corrected chi connectivity index (χ2v) is 6.21. The topological polar surface area (TPSA) is 104 Å². The predicted octanol–water partition coefficient (Wildman–Crippen LogP) is 2.97. The quantitative estimate of drug-likeness (QED) is 0.619. The number of hydrogen-bond donors (Lipinski definition) is 2. The molecule has 3 aromatic rings. The van der Waals surface area contributed by atoms with Crippen LogP contribution < -0.4 is 5.32 Å². The number of nitrogens with zero attached hydrogens (tertiary/aromatic N) is 4. The van der Waals surface area contributed by atoms with Crippen LogP contribution in [0.5, 0.6) is 0 Å². The first-order valence-corrected chi connectivity index (χ1v) is 8.43. The standard InChI is InChI=1S/C19H13F4N5O2/c20-13-4-1-11(2-5-13)16-9-28(27-26-16)10-17(29)18(30)25-14-6-3-12(8-24)15(7-14)19(21,22)23/h1-7,9,17,29H,10H2,(H,25,30). The molecule has 2 aromatic carbocycles. The number of nitriles is 1. The summed E-state index contributed by atoms with van der Waals surface area (Å²) in [6, 6.07) is 9.55. The third-order valence-corrected chi connectivity index (χ3v) is 4.05. The highest BCUT2D eigenvalue weighted by atomic mass is 19.4. The molecule has 1 aromatic heterocycles. The van der Waals surface area contributed by atoms with Crippen molar-refractivity contribution in [1.29, 1.82) is 5.26 Å². The smallest absolute Gasteiger partial charge is 0.381 e. The maximum absolute atomic E-state index is 13.0. The van der Waals surface area contributed by atoms with Crippen LogP contribution in [0, 0.1) is 17.1 Å². The zero-order valence-electron chi connectivity index (χ0n) is 15.1. The lowest BCUT2D eigenvalue weighted by atomic mass is 10.1. The van der Waals surface area contributed by atoms with Crippen molar-refractivity contribution in [3.8, 4) is 17.3 Å². The molecular formula is C19H13F4N5O2. The van der Waals surface area contributed by atoms with Crippen molar-refractivity contribution in [2.45, 2.75) is 18.8 Å². The number of hydrogen-bond acceptors (Lipinski definition) is 5. The van der Waals surface area contributed by atoms with E-state index in [0.29, 0.717) is 17.3 Å². The van der Waals surface area contributed by atoms with Crippen LogP contribution in [0.3, 0.4) is 0 Å². The largest absolute Gasteiger partial charge is 0.417 e. The molecule has 0 saturated heterocycles. The fourth-order valence-electron chi connectivity index (χ4n) is 2.58. The molecule has 0 aliphatic rings. The Hall–Kier alpha value is -3.78. The van der Waals surface area contributed by atoms with Crippen molar-refractivity contribution >= 4 is 11.6 Å². The van der Waals surface area contributed by atoms with E-state index in [1.807, 2.05) is 0 Å². The van der Waals surface area contributed by atoms with Crippen molar-refractivity contribution in [2.24, 2.45) is 0 Å². The number of halogens is 4. The number of amides is 1. The molecule has 0 fully saturated rings. The Balaban J connectivity index is 1.68. The Morgan fingerprint density at radius 3 is 2.57 bits per heavy atom. The first-order chi connectivity index (χ1) is 14.2. The van der Waals surface area contributed by atoms with E-state index < -0.39 is 35.1 Å². The van der Waals surface area contributed by atoms with E-state index in [0.717, 1.165) is 12.1 Å². The molecule has 1 amide bonds. The molecule has 154 valence electrons. The van der Waals surface area contributed by atoms with Crippen molar-refractivity contribution in [1.82, 2.24) is 15.0 Å². The molecule has 2 N–H and O–H groups in total. The Labute approximate surface area is 167 Å². The monoisotopic (exact) mass is 419 g/mol. The molecule has 1 unspecified atom stereocenters. The van der Waals surface area contributed by atoms with E-state index in [4.69, 9.17) is 5.26 Å². The first kappa shape index (κ1) is 20.9. The van der Waals surface area contributed by atoms with Gasteiger partial charge in [-0.15, -0.1) is 5.10 Å². The minimum absolute atomic E-state index is 0.226. The van der Waals surface area contributed by atoms with Gasteiger partial charge in [0.05, 0.1) is 29.9 Å². The van der Waals surface area contributed by atoms with Gasteiger partial charge in [0.15, 0.2) is 6.10 Å². The molecule has 0 aliphatic carbocycles. The molecule has 1 atom stereocenters. The third kappa shape index (κ3) is 4.79. The van der Waals surface area contributed by atoms with E-state index >= 15 is 0 Å². The van der Waals surface area contributed by atoms with E-state index in [9.17, 15) is 27.5 Å². The lowest BCUT2D eigenvalue weighted by Crippen LogP contribution is -2.32. The van der Waals surface area contributed by atoms with Crippen LogP contribution in [0.25, 0.3) is 11.3 Å². The van der Waals surface area contributed by atoms with Gasteiger partial charge in [-0.05, 0) is 42.5 Å². The highest BCUT2D eigenvalue weighted by molar-refractivity contribution is 5.94. The number of anilines is 1. The fourth-order valence-corrected chi connectivity index (χ4v) is 2.58. The van der Waals surface area contributed by atoms with Gasteiger partial charge in [0, 0.05) is 11.3 Å². The van der Waals surface area contributed by atoms with Crippen molar-refractivity contribution < 1.29 is 27.5 Å². The number of rotatable bonds is 5. The number of nitrogens with one attached hydrogen (secondary N) is 1. The van der Waals surface area contributed by atoms with Crippen LogP contribution in [0.4, 0.5) is 23.2 Å². The zero-order valence-corrected chi connectivity index (χ0v) is 15.1. The van der Waals surface area contributed by atoms with Crippen LogP contribution in [0.15, 0.2) is 48.7 Å². The summed E-state index contributed by atoms with van der Waals surface area (Å²) in [5.74, 6) is -1.39. The summed E-state index contributed by atoms with van der Waals surface area (Å²) in [5, 5.41) is 28.6. The van der Waals surface area contributed by atoms with Gasteiger partial charge in [0.25, 0.3) is 5.91 Å². The van der Waals surface area contributed by atoms with Crippen LogP contribution in [-0.4, -0.2) is 32.1 Å². The van der Waals surface area contributed by atoms with Gasteiger partial charge in [-0.3, -0.25) is 4.79 Å². The van der Waals surface area contributed by atoms with Gasteiger partial charge < -0.3 is 10.4 Å². The number of aliphatic hydroxyl groups is 1. The summed E-state index contributed by atoms with van der Waals surface area (Å²) in [6.45, 7) is -0.317. The summed E-state index contributed by atoms with van der Waals surface area (Å²) in [4.78, 5) is 12.1. The van der Waals surface area contributed by atoms with Crippen molar-refractivity contribution in [2.75, 3.05) is 5.32 Å². The van der Waals surface area contributed by atoms with Crippen LogP contribution in [0.2, 0.25) is 0 Å². The van der Waals surface area contributed by atoms with Gasteiger partial charge in [-0.1, -0.05) is 5.21 Å². The molecule has 0 saturated carbocycles. The molecule has 1 heterocycles. The SMILES string of the molecule is N#Cc1ccc(NC(=O)C(O)Cn2cc(-c3ccc(F)cc3)nn2)cc1C(F)(F)F. The van der Waals surface area contributed by atoms with E-state index in [1.54, 1.807) is 0 Å². The zero-order chi connectivity index (χ0) is 21.9. The average molecular weight is 419 g/mol. The predicted molar refractivity (Wildman–Crippen MR) is 96.2 cm³/mol. The minimum atomic E-state index is -4.78. The normalized spacial score (nSPS) is 12.3. The third-order valence-electron chi connectivity index (χ3n) is 4.05. The summed E-state index contributed by atoms with van der Waals surface area (Å²) < 4.78 is 53.2. The fraction of sp³-hybridized carbons (Fsp3) is 0.158. The molecule has 3 rings (SSSR count). The van der Waals surface area contributed by atoms with E-state index in [1.165, 1.54) is 41.2 Å². The minimum Gasteiger partial charge on any atom is -0.381 e. The Bertz CT molecular complexity index is 1100. The average Bonchev–Trinajstić information content (AvgIpc) is 3.16. The van der Waals surface area contributed by atoms with Gasteiger partial charge >= 0.3 is 6.18 Å². The number of alkyl halides is 3. The highest BCUT2D eigenvalue weighted by Crippen LogP contribution is 2.33. The van der Waals surface area contributed by atoms with Crippen LogP contribution >= 0.6 is 0 Å². The molecule has 0 radical (unpaired) electrons. The number of carbonyl (C=O) groups excluding carboxylic acids is 1. The number of aliphatic hydroxyl groups excluding tert-OH is 1. The maximum Gasteiger partial charge on any atom is 0.417 e. The van der Waals surface area contributed by atoms with Gasteiger partial charge in [-0.2, -0.15) is 18.4 Å². The Kier molecular flexibility index (Phi) is 5.79. The molecule has 11 heteroatoms. The summed E-state index contributed by atoms with van der Waals surface area (Å²) in [7, 11) is 0. The Morgan fingerprint density at radius 1 is 1.23 bits per heavy atom. The molecular weight excluding hydrogens is 406 g/mol. The van der Waals surface area contributed by atoms with Crippen LogP contribution in [-0.2, 0) is 17.5 Å². The first-order valence-electron chi connectivity index (χ1n) is 8.43. The van der Waals surface area contributed by atoms with Crippen molar-refractivity contribution in [3.63, 3.8) is 0 Å². The van der Waals surface area contributed by atoms with E-state index in [-0.39, 0.29) is 12.2 Å². The number of benzene rings is 2. The number of aromatic nitrogens is 3. The van der Waals surface area contributed by atoms with Gasteiger partial charge in [-0.25, -0.2) is 9.07 Å². The highest BCUT2D eigenvalue weighted by Gasteiger charge is 2.34.